The van der Waals surface area contributed by atoms with Gasteiger partial charge in [-0.1, -0.05) is 60.2 Å². The summed E-state index contributed by atoms with van der Waals surface area (Å²) in [5.41, 5.74) is 7.75. The maximum atomic E-state index is 13.5. The van der Waals surface area contributed by atoms with Gasteiger partial charge in [0.1, 0.15) is 9.97 Å². The van der Waals surface area contributed by atoms with Crippen LogP contribution in [0.3, 0.4) is 0 Å². The van der Waals surface area contributed by atoms with Gasteiger partial charge in [-0.2, -0.15) is 13.5 Å². The molecular weight excluding hydrogens is 590 g/mol. The summed E-state index contributed by atoms with van der Waals surface area (Å²) in [6.45, 7) is 1.88. The number of rotatable bonds is 6. The number of thiazole rings is 1. The molecule has 1 aromatic heterocycles. The van der Waals surface area contributed by atoms with E-state index < -0.39 is 27.6 Å². The SMILES string of the molecule is CCc1cc(N)ccc1C(O)=C1C(=O)C(=O)N(c2ncc(S(=O)(=O)c3ccccc3)s2)C1c1cccc(Cl)c1.S. The van der Waals surface area contributed by atoms with E-state index in [0.717, 1.165) is 22.4 Å². The zero-order valence-corrected chi connectivity index (χ0v) is 24.4. The zero-order chi connectivity index (χ0) is 27.9. The molecule has 3 aromatic carbocycles. The van der Waals surface area contributed by atoms with Crippen molar-refractivity contribution in [3.63, 3.8) is 0 Å². The summed E-state index contributed by atoms with van der Waals surface area (Å²) in [6, 6.07) is 18.2. The van der Waals surface area contributed by atoms with Crippen LogP contribution in [-0.2, 0) is 25.8 Å². The fourth-order valence-electron chi connectivity index (χ4n) is 4.51. The second kappa shape index (κ2) is 11.5. The van der Waals surface area contributed by atoms with Crippen LogP contribution in [0.5, 0.6) is 0 Å². The zero-order valence-electron chi connectivity index (χ0n) is 21.0. The molecule has 1 amide bonds. The summed E-state index contributed by atoms with van der Waals surface area (Å²) >= 11 is 7.02. The van der Waals surface area contributed by atoms with Gasteiger partial charge < -0.3 is 10.8 Å². The predicted octanol–water partition coefficient (Wildman–Crippen LogP) is 5.51. The molecule has 0 aliphatic carbocycles. The van der Waals surface area contributed by atoms with Gasteiger partial charge >= 0.3 is 5.91 Å². The van der Waals surface area contributed by atoms with Crippen LogP contribution in [-0.4, -0.2) is 30.2 Å². The number of sulfone groups is 1. The normalized spacial score (nSPS) is 16.6. The van der Waals surface area contributed by atoms with Gasteiger partial charge in [-0.15, -0.1) is 0 Å². The number of aliphatic hydroxyl groups excluding tert-OH is 1. The molecule has 2 heterocycles. The van der Waals surface area contributed by atoms with Crippen molar-refractivity contribution in [2.75, 3.05) is 10.6 Å². The Hall–Kier alpha value is -3.64. The van der Waals surface area contributed by atoms with E-state index in [9.17, 15) is 23.1 Å². The first-order valence-corrected chi connectivity index (χ1v) is 14.5. The molecule has 1 aliphatic heterocycles. The molecule has 40 heavy (non-hydrogen) atoms. The van der Waals surface area contributed by atoms with Crippen LogP contribution in [0.1, 0.15) is 29.7 Å². The Bertz CT molecular complexity index is 1750. The van der Waals surface area contributed by atoms with E-state index in [1.54, 1.807) is 60.7 Å². The number of nitrogen functional groups attached to an aromatic ring is 1. The van der Waals surface area contributed by atoms with Gasteiger partial charge in [0.15, 0.2) is 5.13 Å². The number of hydrogen-bond donors (Lipinski definition) is 2. The molecule has 0 saturated carbocycles. The Kier molecular flexibility index (Phi) is 8.41. The average molecular weight is 614 g/mol. The van der Waals surface area contributed by atoms with E-state index in [0.29, 0.717) is 33.8 Å². The monoisotopic (exact) mass is 613 g/mol. The minimum absolute atomic E-state index is 0. The highest BCUT2D eigenvalue weighted by Gasteiger charge is 2.48. The molecule has 0 radical (unpaired) electrons. The number of nitrogens with zero attached hydrogens (tertiary/aromatic N) is 2. The molecule has 206 valence electrons. The Morgan fingerprint density at radius 1 is 1.07 bits per heavy atom. The van der Waals surface area contributed by atoms with Gasteiger partial charge in [0.05, 0.1) is 22.7 Å². The quantitative estimate of drug-likeness (QED) is 0.127. The van der Waals surface area contributed by atoms with E-state index in [1.165, 1.54) is 12.1 Å². The number of carbonyl (C=O) groups is 2. The van der Waals surface area contributed by atoms with Crippen molar-refractivity contribution in [2.45, 2.75) is 28.5 Å². The molecule has 3 N–H and O–H groups in total. The highest BCUT2D eigenvalue weighted by Crippen LogP contribution is 2.45. The summed E-state index contributed by atoms with van der Waals surface area (Å²) in [5, 5.41) is 11.8. The summed E-state index contributed by atoms with van der Waals surface area (Å²) in [4.78, 5) is 32.3. The highest BCUT2D eigenvalue weighted by molar-refractivity contribution is 7.93. The Balaban J connectivity index is 0.00000370. The first kappa shape index (κ1) is 29.3. The summed E-state index contributed by atoms with van der Waals surface area (Å²) in [5.74, 6) is -2.25. The maximum Gasteiger partial charge on any atom is 0.301 e. The molecule has 1 unspecified atom stereocenters. The lowest BCUT2D eigenvalue weighted by atomic mass is 9.93. The second-order valence-electron chi connectivity index (χ2n) is 8.77. The minimum atomic E-state index is -3.91. The van der Waals surface area contributed by atoms with Crippen molar-refractivity contribution in [3.8, 4) is 0 Å². The van der Waals surface area contributed by atoms with E-state index in [-0.39, 0.29) is 39.1 Å². The first-order valence-electron chi connectivity index (χ1n) is 11.8. The lowest BCUT2D eigenvalue weighted by molar-refractivity contribution is -0.132. The third-order valence-electron chi connectivity index (χ3n) is 6.37. The predicted molar refractivity (Wildman–Crippen MR) is 161 cm³/mol. The summed E-state index contributed by atoms with van der Waals surface area (Å²) in [6.07, 6.45) is 1.67. The smallest absolute Gasteiger partial charge is 0.301 e. The fraction of sp³-hybridized carbons (Fsp3) is 0.107. The lowest BCUT2D eigenvalue weighted by Gasteiger charge is -2.23. The van der Waals surface area contributed by atoms with Crippen LogP contribution in [0.2, 0.25) is 5.02 Å². The van der Waals surface area contributed by atoms with Gasteiger partial charge in [0, 0.05) is 16.3 Å². The van der Waals surface area contributed by atoms with Gasteiger partial charge in [0.25, 0.3) is 5.78 Å². The van der Waals surface area contributed by atoms with Gasteiger partial charge in [-0.3, -0.25) is 14.5 Å². The van der Waals surface area contributed by atoms with Gasteiger partial charge in [0.2, 0.25) is 9.84 Å². The van der Waals surface area contributed by atoms with E-state index >= 15 is 0 Å². The van der Waals surface area contributed by atoms with Crippen molar-refractivity contribution in [3.05, 3.63) is 106 Å². The van der Waals surface area contributed by atoms with E-state index in [2.05, 4.69) is 4.98 Å². The van der Waals surface area contributed by atoms with Crippen molar-refractivity contribution < 1.29 is 23.1 Å². The van der Waals surface area contributed by atoms with Crippen LogP contribution in [0.15, 0.2) is 93.7 Å². The first-order chi connectivity index (χ1) is 18.6. The summed E-state index contributed by atoms with van der Waals surface area (Å²) in [7, 11) is -3.91. The highest BCUT2D eigenvalue weighted by atomic mass is 35.5. The molecule has 12 heteroatoms. The van der Waals surface area contributed by atoms with Gasteiger partial charge in [-0.05, 0) is 60.0 Å². The number of carbonyl (C=O) groups excluding carboxylic acids is 2. The van der Waals surface area contributed by atoms with Crippen molar-refractivity contribution in [1.82, 2.24) is 4.98 Å². The molecule has 0 bridgehead atoms. The number of amides is 1. The van der Waals surface area contributed by atoms with E-state index in [4.69, 9.17) is 17.3 Å². The van der Waals surface area contributed by atoms with Crippen molar-refractivity contribution in [2.24, 2.45) is 0 Å². The average Bonchev–Trinajstić information content (AvgIpc) is 3.52. The van der Waals surface area contributed by atoms with Crippen LogP contribution in [0.4, 0.5) is 10.8 Å². The number of ketones is 1. The van der Waals surface area contributed by atoms with Crippen LogP contribution >= 0.6 is 36.4 Å². The standard InChI is InChI=1S/C28H22ClN3O5S2.H2S/c1-2-16-14-19(30)11-12-21(16)25(33)23-24(17-7-6-8-18(29)13-17)32(27(35)26(23)34)28-31-15-22(38-28)39(36,37)20-9-4-3-5-10-20;/h3-15,24,33H,2,30H2,1H3;1H2. The number of halogens is 1. The third kappa shape index (κ3) is 5.13. The molecule has 1 saturated heterocycles. The number of benzene rings is 3. The minimum Gasteiger partial charge on any atom is -0.507 e. The molecule has 5 rings (SSSR count). The van der Waals surface area contributed by atoms with Gasteiger partial charge in [-0.25, -0.2) is 13.4 Å². The molecule has 8 nitrogen and oxygen atoms in total. The topological polar surface area (TPSA) is 131 Å². The van der Waals surface area contributed by atoms with Crippen LogP contribution in [0, 0.1) is 0 Å². The van der Waals surface area contributed by atoms with Crippen molar-refractivity contribution >= 4 is 74.5 Å². The van der Waals surface area contributed by atoms with Crippen LogP contribution in [0.25, 0.3) is 5.76 Å². The number of aliphatic hydroxyl groups is 1. The molecule has 1 fully saturated rings. The molecule has 1 atom stereocenters. The van der Waals surface area contributed by atoms with E-state index in [1.807, 2.05) is 6.92 Å². The Morgan fingerprint density at radius 3 is 2.48 bits per heavy atom. The second-order valence-corrected chi connectivity index (χ2v) is 12.4. The molecule has 4 aromatic rings. The van der Waals surface area contributed by atoms with Crippen LogP contribution < -0.4 is 10.6 Å². The number of anilines is 2. The van der Waals surface area contributed by atoms with Crippen molar-refractivity contribution in [1.29, 1.82) is 0 Å². The number of hydrogen-bond acceptors (Lipinski definition) is 8. The number of nitrogens with two attached hydrogens (primary N) is 1. The molecule has 1 aliphatic rings. The lowest BCUT2D eigenvalue weighted by Crippen LogP contribution is -2.29. The Labute approximate surface area is 247 Å². The fourth-order valence-corrected chi connectivity index (χ4v) is 7.27. The maximum absolute atomic E-state index is 13.5. The molecular formula is C28H24ClN3O5S3. The summed E-state index contributed by atoms with van der Waals surface area (Å²) < 4.78 is 26.3. The molecule has 0 spiro atoms. The Morgan fingerprint density at radius 2 is 1.80 bits per heavy atom. The number of Topliss-reactive ketones (excluding diaryl/α,β-unsaturated/α-hetero) is 1. The third-order valence-corrected chi connectivity index (χ3v) is 9.83. The number of aromatic nitrogens is 1. The number of aryl methyl sites for hydroxylation is 1. The largest absolute Gasteiger partial charge is 0.507 e.